The van der Waals surface area contributed by atoms with E-state index in [4.69, 9.17) is 11.6 Å². The van der Waals surface area contributed by atoms with Crippen molar-refractivity contribution < 1.29 is 31.7 Å². The third-order valence-corrected chi connectivity index (χ3v) is 6.00. The fourth-order valence-electron chi connectivity index (χ4n) is 4.17. The van der Waals surface area contributed by atoms with E-state index in [1.165, 1.54) is 18.2 Å². The maximum Gasteiger partial charge on any atom is 0.433 e. The summed E-state index contributed by atoms with van der Waals surface area (Å²) < 4.78 is 66.0. The van der Waals surface area contributed by atoms with Crippen LogP contribution in [0, 0.1) is 10.1 Å². The van der Waals surface area contributed by atoms with Gasteiger partial charge in [-0.25, -0.2) is 4.98 Å². The number of fused-ring (bicyclic) bond motifs is 1. The first-order valence-electron chi connectivity index (χ1n) is 10.7. The van der Waals surface area contributed by atoms with Crippen molar-refractivity contribution in [3.8, 4) is 0 Å². The molecule has 0 spiro atoms. The van der Waals surface area contributed by atoms with Gasteiger partial charge in [-0.3, -0.25) is 4.79 Å². The Labute approximate surface area is 204 Å². The molecular formula is C21H18ClF5N6O3. The van der Waals surface area contributed by atoms with Crippen LogP contribution in [0.1, 0.15) is 48.3 Å². The summed E-state index contributed by atoms with van der Waals surface area (Å²) in [5.41, 5.74) is -1.43. The van der Waals surface area contributed by atoms with Crippen LogP contribution in [0.4, 0.5) is 33.5 Å². The second kappa shape index (κ2) is 9.84. The summed E-state index contributed by atoms with van der Waals surface area (Å²) in [7, 11) is 0. The van der Waals surface area contributed by atoms with Crippen LogP contribution in [-0.2, 0) is 6.18 Å². The van der Waals surface area contributed by atoms with Crippen molar-refractivity contribution in [2.45, 2.75) is 50.5 Å². The van der Waals surface area contributed by atoms with E-state index in [0.717, 1.165) is 6.07 Å². The lowest BCUT2D eigenvalue weighted by Gasteiger charge is -2.31. The molecule has 2 aromatic heterocycles. The van der Waals surface area contributed by atoms with Gasteiger partial charge in [0, 0.05) is 28.2 Å². The minimum Gasteiger partial charge on any atom is -0.382 e. The van der Waals surface area contributed by atoms with Crippen molar-refractivity contribution in [1.29, 1.82) is 0 Å². The molecule has 2 atom stereocenters. The van der Waals surface area contributed by atoms with Gasteiger partial charge in [-0.2, -0.15) is 22.0 Å². The van der Waals surface area contributed by atoms with Gasteiger partial charge in [-0.15, -0.1) is 4.68 Å². The molecule has 36 heavy (non-hydrogen) atoms. The normalized spacial score (nSPS) is 18.4. The lowest BCUT2D eigenvalue weighted by Crippen LogP contribution is -2.42. The van der Waals surface area contributed by atoms with Crippen molar-refractivity contribution in [3.05, 3.63) is 56.9 Å². The summed E-state index contributed by atoms with van der Waals surface area (Å²) in [6, 6.07) is 4.32. The maximum absolute atomic E-state index is 13.4. The second-order valence-electron chi connectivity index (χ2n) is 8.27. The zero-order valence-electron chi connectivity index (χ0n) is 18.2. The van der Waals surface area contributed by atoms with E-state index < -0.39 is 46.7 Å². The van der Waals surface area contributed by atoms with Gasteiger partial charge in [0.2, 0.25) is 0 Å². The second-order valence-corrected chi connectivity index (χ2v) is 8.71. The third kappa shape index (κ3) is 5.48. The minimum atomic E-state index is -4.68. The molecule has 1 aromatic carbocycles. The van der Waals surface area contributed by atoms with Gasteiger partial charge >= 0.3 is 18.5 Å². The Kier molecular flexibility index (Phi) is 6.98. The Bertz CT molecular complexity index is 1320. The quantitative estimate of drug-likeness (QED) is 0.244. The van der Waals surface area contributed by atoms with Gasteiger partial charge < -0.3 is 20.7 Å². The summed E-state index contributed by atoms with van der Waals surface area (Å²) in [5.74, 6) is -1.95. The fourth-order valence-corrected chi connectivity index (χ4v) is 4.35. The van der Waals surface area contributed by atoms with E-state index in [9.17, 15) is 36.9 Å². The van der Waals surface area contributed by atoms with E-state index in [-0.39, 0.29) is 28.3 Å². The molecule has 1 amide bonds. The Morgan fingerprint density at radius 1 is 1.22 bits per heavy atom. The van der Waals surface area contributed by atoms with Crippen molar-refractivity contribution in [2.24, 2.45) is 0 Å². The van der Waals surface area contributed by atoms with Gasteiger partial charge in [0.15, 0.2) is 5.56 Å². The molecule has 9 nitrogen and oxygen atoms in total. The molecule has 15 heteroatoms. The number of carbonyl (C=O) groups is 1. The van der Waals surface area contributed by atoms with Crippen LogP contribution >= 0.6 is 11.6 Å². The van der Waals surface area contributed by atoms with Crippen LogP contribution in [0.25, 0.3) is 10.9 Å². The topological polar surface area (TPSA) is 115 Å². The molecule has 2 heterocycles. The molecule has 1 aliphatic carbocycles. The van der Waals surface area contributed by atoms with Crippen LogP contribution in [0.2, 0.25) is 5.02 Å². The highest BCUT2D eigenvalue weighted by Crippen LogP contribution is 2.35. The number of halogens is 6. The van der Waals surface area contributed by atoms with Crippen molar-refractivity contribution in [2.75, 3.05) is 5.32 Å². The molecule has 0 radical (unpaired) electrons. The maximum atomic E-state index is 13.4. The predicted octanol–water partition coefficient (Wildman–Crippen LogP) is 5.56. The van der Waals surface area contributed by atoms with Crippen molar-refractivity contribution in [1.82, 2.24) is 20.1 Å². The van der Waals surface area contributed by atoms with E-state index in [2.05, 4.69) is 20.7 Å². The Hall–Kier alpha value is -3.55. The highest BCUT2D eigenvalue weighted by atomic mass is 35.5. The number of hydrogen-bond donors (Lipinski definition) is 2. The number of aromatic nitrogens is 3. The van der Waals surface area contributed by atoms with E-state index in [0.29, 0.717) is 35.9 Å². The molecule has 4 rings (SSSR count). The number of anilines is 1. The molecule has 0 unspecified atom stereocenters. The lowest BCUT2D eigenvalue weighted by atomic mass is 9.90. The Morgan fingerprint density at radius 2 is 1.94 bits per heavy atom. The van der Waals surface area contributed by atoms with Gasteiger partial charge in [0.1, 0.15) is 5.69 Å². The van der Waals surface area contributed by atoms with Gasteiger partial charge in [-0.1, -0.05) is 11.6 Å². The van der Waals surface area contributed by atoms with Crippen LogP contribution < -0.4 is 10.6 Å². The van der Waals surface area contributed by atoms with Gasteiger partial charge in [-0.05, 0) is 54.9 Å². The summed E-state index contributed by atoms with van der Waals surface area (Å²) in [6.45, 7) is -3.17. The minimum absolute atomic E-state index is 0.0240. The van der Waals surface area contributed by atoms with Crippen molar-refractivity contribution >= 4 is 39.9 Å². The van der Waals surface area contributed by atoms with Crippen molar-refractivity contribution in [3.63, 3.8) is 0 Å². The van der Waals surface area contributed by atoms with Crippen LogP contribution in [-0.4, -0.2) is 37.7 Å². The van der Waals surface area contributed by atoms with Crippen LogP contribution in [0.5, 0.6) is 0 Å². The van der Waals surface area contributed by atoms with Gasteiger partial charge in [0.05, 0.1) is 16.8 Å². The highest BCUT2D eigenvalue weighted by molar-refractivity contribution is 6.31. The third-order valence-electron chi connectivity index (χ3n) is 5.76. The number of carbonyl (C=O) groups excluding carboxylic acids is 1. The summed E-state index contributed by atoms with van der Waals surface area (Å²) >= 11 is 6.03. The SMILES string of the molecule is O=C(N[C@@H]1CCC[C@H](Nc2cc(C(F)(F)F)nc3ccc(Cl)cc23)C1)c1cn(C(F)F)nc1[N+](=O)[O-]. The number of amides is 1. The van der Waals surface area contributed by atoms with Crippen LogP contribution in [0.3, 0.4) is 0 Å². The predicted molar refractivity (Wildman–Crippen MR) is 119 cm³/mol. The number of alkyl halides is 5. The molecule has 1 saturated carbocycles. The number of nitro groups is 1. The Balaban J connectivity index is 1.54. The molecule has 2 N–H and O–H groups in total. The molecular weight excluding hydrogens is 515 g/mol. The molecule has 1 fully saturated rings. The molecule has 1 aliphatic rings. The number of hydrogen-bond acceptors (Lipinski definition) is 6. The average molecular weight is 533 g/mol. The first-order valence-corrected chi connectivity index (χ1v) is 11.1. The van der Waals surface area contributed by atoms with E-state index in [1.54, 1.807) is 0 Å². The van der Waals surface area contributed by atoms with E-state index in [1.807, 2.05) is 0 Å². The number of pyridine rings is 1. The smallest absolute Gasteiger partial charge is 0.382 e. The zero-order valence-corrected chi connectivity index (χ0v) is 19.0. The first-order chi connectivity index (χ1) is 16.9. The summed E-state index contributed by atoms with van der Waals surface area (Å²) in [6.07, 6.45) is -2.17. The standard InChI is InChI=1S/C21H18ClF5N6O3/c22-10-4-5-15-13(6-10)16(8-17(30-15)21(25,26)27)28-11-2-1-3-12(7-11)29-19(34)14-9-32(20(23)24)31-18(14)33(35)36/h4-6,8-9,11-12,20H,1-3,7H2,(H,28,30)(H,29,34)/t11-,12+/m0/s1. The molecule has 192 valence electrons. The van der Waals surface area contributed by atoms with E-state index >= 15 is 0 Å². The first kappa shape index (κ1) is 25.5. The average Bonchev–Trinajstić information content (AvgIpc) is 3.25. The monoisotopic (exact) mass is 532 g/mol. The number of nitrogens with one attached hydrogen (secondary N) is 2. The summed E-state index contributed by atoms with van der Waals surface area (Å²) in [5, 5.41) is 20.6. The molecule has 3 aromatic rings. The number of rotatable bonds is 6. The van der Waals surface area contributed by atoms with Gasteiger partial charge in [0.25, 0.3) is 5.91 Å². The fraction of sp³-hybridized carbons (Fsp3) is 0.381. The molecule has 0 bridgehead atoms. The largest absolute Gasteiger partial charge is 0.433 e. The highest BCUT2D eigenvalue weighted by Gasteiger charge is 2.35. The lowest BCUT2D eigenvalue weighted by molar-refractivity contribution is -0.390. The zero-order chi connectivity index (χ0) is 26.2. The van der Waals surface area contributed by atoms with Crippen LogP contribution in [0.15, 0.2) is 30.5 Å². The Morgan fingerprint density at radius 3 is 2.61 bits per heavy atom. The summed E-state index contributed by atoms with van der Waals surface area (Å²) in [4.78, 5) is 26.4. The number of nitrogens with zero attached hydrogens (tertiary/aromatic N) is 4. The molecule has 0 aliphatic heterocycles. The molecule has 0 saturated heterocycles. The number of benzene rings is 1.